The lowest BCUT2D eigenvalue weighted by Gasteiger charge is -2.40. The van der Waals surface area contributed by atoms with Crippen molar-refractivity contribution in [1.82, 2.24) is 9.80 Å². The van der Waals surface area contributed by atoms with E-state index in [0.717, 1.165) is 38.5 Å². The van der Waals surface area contributed by atoms with E-state index in [1.54, 1.807) is 36.4 Å². The lowest BCUT2D eigenvalue weighted by atomic mass is 9.89. The number of amides is 3. The van der Waals surface area contributed by atoms with Crippen LogP contribution in [-0.2, 0) is 9.59 Å². The van der Waals surface area contributed by atoms with E-state index in [2.05, 4.69) is 13.8 Å². The van der Waals surface area contributed by atoms with Gasteiger partial charge in [-0.3, -0.25) is 9.69 Å². The number of carbonyl (C=O) groups excluding carboxylic acids is 2. The molecule has 1 aliphatic rings. The molecule has 1 N–H and O–H groups in total. The van der Waals surface area contributed by atoms with Gasteiger partial charge in [0.05, 0.1) is 11.4 Å². The van der Waals surface area contributed by atoms with Crippen molar-refractivity contribution in [3.8, 4) is 0 Å². The van der Waals surface area contributed by atoms with Gasteiger partial charge in [0.1, 0.15) is 6.04 Å². The van der Waals surface area contributed by atoms with Crippen LogP contribution in [0.1, 0.15) is 65.2 Å². The van der Waals surface area contributed by atoms with E-state index < -0.39 is 24.0 Å². The SMILES string of the molecule is CCCCCN(CCCCC)C(=O)[C@@H]1CCN(C(=O)N(c2ccccc2)c2cccc(Cl)c2)[C@@H](C(=O)O)C1. The fraction of sp³-hybridized carbons (Fsp3) is 0.500. The molecular weight excluding hydrogens is 502 g/mol. The second kappa shape index (κ2) is 14.8. The van der Waals surface area contributed by atoms with Gasteiger partial charge in [0.2, 0.25) is 5.91 Å². The minimum Gasteiger partial charge on any atom is -0.480 e. The highest BCUT2D eigenvalue weighted by molar-refractivity contribution is 6.31. The summed E-state index contributed by atoms with van der Waals surface area (Å²) in [4.78, 5) is 44.7. The summed E-state index contributed by atoms with van der Waals surface area (Å²) in [5, 5.41) is 10.6. The maximum absolute atomic E-state index is 13.9. The van der Waals surface area contributed by atoms with Gasteiger partial charge in [-0.2, -0.15) is 0 Å². The van der Waals surface area contributed by atoms with E-state index in [1.165, 1.54) is 9.80 Å². The average molecular weight is 542 g/mol. The summed E-state index contributed by atoms with van der Waals surface area (Å²) in [6.07, 6.45) is 6.69. The number of carboxylic acids is 1. The third-order valence-corrected chi connectivity index (χ3v) is 7.36. The smallest absolute Gasteiger partial charge is 0.329 e. The summed E-state index contributed by atoms with van der Waals surface area (Å²) in [6, 6.07) is 14.5. The van der Waals surface area contributed by atoms with Gasteiger partial charge in [-0.1, -0.05) is 75.4 Å². The Balaban J connectivity index is 1.82. The monoisotopic (exact) mass is 541 g/mol. The average Bonchev–Trinajstić information content (AvgIpc) is 2.92. The highest BCUT2D eigenvalue weighted by Gasteiger charge is 2.41. The Morgan fingerprint density at radius 3 is 2.13 bits per heavy atom. The summed E-state index contributed by atoms with van der Waals surface area (Å²) in [5.74, 6) is -1.50. The number of hydrogen-bond donors (Lipinski definition) is 1. The topological polar surface area (TPSA) is 81.2 Å². The van der Waals surface area contributed by atoms with Gasteiger partial charge >= 0.3 is 12.0 Å². The first-order valence-electron chi connectivity index (χ1n) is 13.8. The molecule has 2 aromatic carbocycles. The third kappa shape index (κ3) is 7.73. The molecule has 0 saturated carbocycles. The summed E-state index contributed by atoms with van der Waals surface area (Å²) in [7, 11) is 0. The fourth-order valence-corrected chi connectivity index (χ4v) is 5.22. The molecule has 38 heavy (non-hydrogen) atoms. The molecule has 0 unspecified atom stereocenters. The molecule has 0 spiro atoms. The Morgan fingerprint density at radius 1 is 0.921 bits per heavy atom. The number of urea groups is 1. The molecule has 2 aromatic rings. The number of para-hydroxylation sites is 1. The Kier molecular flexibility index (Phi) is 11.5. The first kappa shape index (κ1) is 29.5. The summed E-state index contributed by atoms with van der Waals surface area (Å²) < 4.78 is 0. The Morgan fingerprint density at radius 2 is 1.55 bits per heavy atom. The molecule has 1 heterocycles. The predicted octanol–water partition coefficient (Wildman–Crippen LogP) is 6.97. The summed E-state index contributed by atoms with van der Waals surface area (Å²) in [5.41, 5.74) is 1.16. The quantitative estimate of drug-likeness (QED) is 0.294. The van der Waals surface area contributed by atoms with Crippen LogP contribution in [0.3, 0.4) is 0 Å². The van der Waals surface area contributed by atoms with Gasteiger partial charge in [-0.15, -0.1) is 0 Å². The van der Waals surface area contributed by atoms with Crippen molar-refractivity contribution in [1.29, 1.82) is 0 Å². The van der Waals surface area contributed by atoms with E-state index >= 15 is 0 Å². The van der Waals surface area contributed by atoms with Crippen LogP contribution < -0.4 is 4.90 Å². The van der Waals surface area contributed by atoms with Gasteiger partial charge < -0.3 is 14.9 Å². The molecule has 3 rings (SSSR count). The number of unbranched alkanes of at least 4 members (excludes halogenated alkanes) is 4. The van der Waals surface area contributed by atoms with Crippen molar-refractivity contribution in [2.24, 2.45) is 5.92 Å². The number of carbonyl (C=O) groups is 3. The highest BCUT2D eigenvalue weighted by Crippen LogP contribution is 2.32. The molecule has 3 amide bonds. The van der Waals surface area contributed by atoms with Crippen LogP contribution in [-0.4, -0.2) is 58.5 Å². The lowest BCUT2D eigenvalue weighted by molar-refractivity contribution is -0.146. The molecule has 7 nitrogen and oxygen atoms in total. The Labute approximate surface area is 231 Å². The molecular formula is C30H40ClN3O4. The standard InChI is InChI=1S/C30H40ClN3O4/c1-3-5-10-18-32(19-11-6-4-2)28(35)23-17-20-33(27(21-23)29(36)37)30(38)34(25-14-8-7-9-15-25)26-16-12-13-24(31)22-26/h7-9,12-16,22-23,27H,3-6,10-11,17-21H2,1-2H3,(H,36,37)/t23-,27-/m1/s1. The van der Waals surface area contributed by atoms with Crippen molar-refractivity contribution >= 4 is 40.9 Å². The molecule has 0 aromatic heterocycles. The number of benzene rings is 2. The van der Waals surface area contributed by atoms with Crippen molar-refractivity contribution in [2.75, 3.05) is 24.5 Å². The molecule has 1 fully saturated rings. The molecule has 1 aliphatic heterocycles. The van der Waals surface area contributed by atoms with Crippen molar-refractivity contribution in [2.45, 2.75) is 71.3 Å². The second-order valence-electron chi connectivity index (χ2n) is 9.94. The zero-order valence-corrected chi connectivity index (χ0v) is 23.3. The van der Waals surface area contributed by atoms with Crippen LogP contribution in [0.15, 0.2) is 54.6 Å². The van der Waals surface area contributed by atoms with Crippen LogP contribution in [0, 0.1) is 5.92 Å². The molecule has 1 saturated heterocycles. The van der Waals surface area contributed by atoms with Crippen LogP contribution in [0.25, 0.3) is 0 Å². The number of piperidine rings is 1. The molecule has 0 radical (unpaired) electrons. The number of carboxylic acid groups (broad SMARTS) is 1. The summed E-state index contributed by atoms with van der Waals surface area (Å²) >= 11 is 6.23. The van der Waals surface area contributed by atoms with Crippen LogP contribution in [0.2, 0.25) is 5.02 Å². The lowest BCUT2D eigenvalue weighted by Crippen LogP contribution is -2.55. The van der Waals surface area contributed by atoms with Gasteiger partial charge in [0, 0.05) is 30.6 Å². The van der Waals surface area contributed by atoms with Crippen molar-refractivity contribution in [3.05, 3.63) is 59.6 Å². The zero-order valence-electron chi connectivity index (χ0n) is 22.5. The largest absolute Gasteiger partial charge is 0.480 e. The number of halogens is 1. The van der Waals surface area contributed by atoms with Crippen molar-refractivity contribution < 1.29 is 19.5 Å². The minimum absolute atomic E-state index is 0.0188. The summed E-state index contributed by atoms with van der Waals surface area (Å²) in [6.45, 7) is 5.85. The normalized spacial score (nSPS) is 17.2. The molecule has 2 atom stereocenters. The molecule has 0 bridgehead atoms. The number of likely N-dealkylation sites (tertiary alicyclic amines) is 1. The number of anilines is 2. The van der Waals surface area contributed by atoms with Crippen LogP contribution in [0.4, 0.5) is 16.2 Å². The number of hydrogen-bond acceptors (Lipinski definition) is 3. The van der Waals surface area contributed by atoms with Crippen LogP contribution >= 0.6 is 11.6 Å². The van der Waals surface area contributed by atoms with Crippen molar-refractivity contribution in [3.63, 3.8) is 0 Å². The Bertz CT molecular complexity index is 1050. The first-order chi connectivity index (χ1) is 18.4. The number of aliphatic carboxylic acids is 1. The third-order valence-electron chi connectivity index (χ3n) is 7.13. The number of nitrogens with zero attached hydrogens (tertiary/aromatic N) is 3. The van der Waals surface area contributed by atoms with E-state index in [1.807, 2.05) is 23.1 Å². The first-order valence-corrected chi connectivity index (χ1v) is 14.2. The maximum atomic E-state index is 13.9. The zero-order chi connectivity index (χ0) is 27.5. The fourth-order valence-electron chi connectivity index (χ4n) is 5.04. The minimum atomic E-state index is -1.10. The Hall–Kier alpha value is -3.06. The maximum Gasteiger partial charge on any atom is 0.329 e. The van der Waals surface area contributed by atoms with Gasteiger partial charge in [0.25, 0.3) is 0 Å². The van der Waals surface area contributed by atoms with E-state index in [-0.39, 0.29) is 18.9 Å². The van der Waals surface area contributed by atoms with Gasteiger partial charge in [0.15, 0.2) is 0 Å². The highest BCUT2D eigenvalue weighted by atomic mass is 35.5. The van der Waals surface area contributed by atoms with Crippen LogP contribution in [0.5, 0.6) is 0 Å². The van der Waals surface area contributed by atoms with Gasteiger partial charge in [-0.05, 0) is 56.0 Å². The van der Waals surface area contributed by atoms with Gasteiger partial charge in [-0.25, -0.2) is 9.59 Å². The predicted molar refractivity (Wildman–Crippen MR) is 152 cm³/mol. The molecule has 206 valence electrons. The molecule has 8 heteroatoms. The molecule has 0 aliphatic carbocycles. The van der Waals surface area contributed by atoms with E-state index in [4.69, 9.17) is 11.6 Å². The second-order valence-corrected chi connectivity index (χ2v) is 10.4. The number of rotatable bonds is 12. The van der Waals surface area contributed by atoms with E-state index in [9.17, 15) is 19.5 Å². The van der Waals surface area contributed by atoms with E-state index in [0.29, 0.717) is 35.9 Å².